The molecule has 0 saturated heterocycles. The lowest BCUT2D eigenvalue weighted by Crippen LogP contribution is -2.15. The molecule has 0 radical (unpaired) electrons. The molecule has 2 rings (SSSR count). The van der Waals surface area contributed by atoms with E-state index in [9.17, 15) is 20.5 Å². The van der Waals surface area contributed by atoms with E-state index in [4.69, 9.17) is 5.11 Å². The summed E-state index contributed by atoms with van der Waals surface area (Å²) >= 11 is 0. The molecule has 6 nitrogen and oxygen atoms in total. The number of carboxylic acids is 1. The van der Waals surface area contributed by atoms with Crippen LogP contribution in [0.25, 0.3) is 5.57 Å². The van der Waals surface area contributed by atoms with Gasteiger partial charge < -0.3 is 5.11 Å². The molecule has 26 heavy (non-hydrogen) atoms. The quantitative estimate of drug-likeness (QED) is 0.412. The highest BCUT2D eigenvalue weighted by atomic mass is 16.8. The van der Waals surface area contributed by atoms with Crippen LogP contribution in [-0.2, 0) is 6.42 Å². The fraction of sp³-hybridized carbons (Fsp3) is 0.100. The Bertz CT molecular complexity index is 894. The lowest BCUT2D eigenvalue weighted by molar-refractivity contribution is 0.0277. The van der Waals surface area contributed by atoms with E-state index in [1.807, 2.05) is 36.4 Å². The number of allylic oxidation sites excluding steroid dienone is 4. The zero-order valence-electron chi connectivity index (χ0n) is 14.1. The normalized spacial score (nSPS) is 11.8. The topological polar surface area (TPSA) is 105 Å². The minimum absolute atomic E-state index is 0.207. The lowest BCUT2D eigenvalue weighted by Gasteiger charge is -2.13. The van der Waals surface area contributed by atoms with E-state index < -0.39 is 5.97 Å². The summed E-state index contributed by atoms with van der Waals surface area (Å²) in [6, 6.07) is 15.9. The Morgan fingerprint density at radius 2 is 1.88 bits per heavy atom. The van der Waals surface area contributed by atoms with Crippen LogP contribution in [0.1, 0.15) is 28.4 Å². The summed E-state index contributed by atoms with van der Waals surface area (Å²) in [5.41, 5.74) is 2.37. The van der Waals surface area contributed by atoms with E-state index in [0.29, 0.717) is 17.6 Å². The molecule has 0 aliphatic heterocycles. The van der Waals surface area contributed by atoms with Gasteiger partial charge in [0, 0.05) is 0 Å². The third-order valence-corrected chi connectivity index (χ3v) is 3.83. The summed E-state index contributed by atoms with van der Waals surface area (Å²) in [6.45, 7) is 1.78. The van der Waals surface area contributed by atoms with E-state index in [1.54, 1.807) is 19.1 Å². The summed E-state index contributed by atoms with van der Waals surface area (Å²) in [4.78, 5) is 11.2. The van der Waals surface area contributed by atoms with Crippen LogP contribution in [0.2, 0.25) is 0 Å². The molecule has 0 aliphatic carbocycles. The molecule has 0 fully saturated rings. The van der Waals surface area contributed by atoms with Crippen molar-refractivity contribution in [1.29, 1.82) is 5.26 Å². The first-order valence-corrected chi connectivity index (χ1v) is 7.84. The molecule has 0 atom stereocenters. The third-order valence-electron chi connectivity index (χ3n) is 3.83. The minimum atomic E-state index is -1.26. The van der Waals surface area contributed by atoms with Crippen LogP contribution in [0.4, 0.5) is 5.69 Å². The van der Waals surface area contributed by atoms with Crippen molar-refractivity contribution in [2.45, 2.75) is 13.3 Å². The van der Waals surface area contributed by atoms with Gasteiger partial charge in [0.1, 0.15) is 5.69 Å². The van der Waals surface area contributed by atoms with Crippen molar-refractivity contribution in [3.05, 3.63) is 82.9 Å². The van der Waals surface area contributed by atoms with E-state index in [2.05, 4.69) is 6.07 Å². The van der Waals surface area contributed by atoms with Gasteiger partial charge in [0.05, 0.1) is 17.2 Å². The van der Waals surface area contributed by atoms with Crippen LogP contribution in [-0.4, -0.2) is 21.5 Å². The van der Waals surface area contributed by atoms with Crippen LogP contribution >= 0.6 is 0 Å². The number of aromatic carboxylic acids is 1. The molecule has 0 amide bonds. The van der Waals surface area contributed by atoms with Crippen LogP contribution in [0, 0.1) is 11.3 Å². The SMILES string of the molecule is C/C=C(C#N)\C(=C/Cc1ccc(C(=O)O)c(N(O)O)c1)c1ccccc1. The Morgan fingerprint density at radius 3 is 2.42 bits per heavy atom. The standard InChI is InChI=1S/C20H18N2O4/c1-2-15(13-21)17(16-6-4-3-5-7-16)10-8-14-9-11-18(20(23)24)19(12-14)22(25)26/h2-7,9-12,25-26H,8H2,1H3,(H,23,24)/b15-2-,17-10+. The zero-order valence-corrected chi connectivity index (χ0v) is 14.1. The number of rotatable bonds is 6. The number of carboxylic acid groups (broad SMARTS) is 1. The minimum Gasteiger partial charge on any atom is -0.478 e. The molecule has 132 valence electrons. The molecule has 0 saturated carbocycles. The molecule has 0 heterocycles. The second-order valence-corrected chi connectivity index (χ2v) is 5.45. The summed E-state index contributed by atoms with van der Waals surface area (Å²) in [6.07, 6.45) is 3.96. The second kappa shape index (κ2) is 8.62. The number of carbonyl (C=O) groups is 1. The summed E-state index contributed by atoms with van der Waals surface area (Å²) in [7, 11) is 0. The number of nitrogens with zero attached hydrogens (tertiary/aromatic N) is 2. The van der Waals surface area contributed by atoms with Gasteiger partial charge in [0.25, 0.3) is 0 Å². The van der Waals surface area contributed by atoms with Gasteiger partial charge in [0.2, 0.25) is 0 Å². The van der Waals surface area contributed by atoms with E-state index >= 15 is 0 Å². The summed E-state index contributed by atoms with van der Waals surface area (Å²) < 4.78 is 0. The highest BCUT2D eigenvalue weighted by molar-refractivity contribution is 5.94. The average Bonchev–Trinajstić information content (AvgIpc) is 2.65. The summed E-state index contributed by atoms with van der Waals surface area (Å²) in [5.74, 6) is -1.26. The fourth-order valence-electron chi connectivity index (χ4n) is 2.55. The summed E-state index contributed by atoms with van der Waals surface area (Å²) in [5, 5.41) is 36.8. The number of anilines is 1. The molecule has 0 aliphatic rings. The van der Waals surface area contributed by atoms with Crippen LogP contribution < -0.4 is 5.23 Å². The number of benzene rings is 2. The maximum absolute atomic E-state index is 11.2. The third kappa shape index (κ3) is 4.36. The highest BCUT2D eigenvalue weighted by Gasteiger charge is 2.15. The molecule has 0 aromatic heterocycles. The van der Waals surface area contributed by atoms with Gasteiger partial charge in [-0.2, -0.15) is 5.26 Å². The molecular formula is C20H18N2O4. The fourth-order valence-corrected chi connectivity index (χ4v) is 2.55. The van der Waals surface area contributed by atoms with E-state index in [1.165, 1.54) is 12.1 Å². The van der Waals surface area contributed by atoms with Gasteiger partial charge >= 0.3 is 5.97 Å². The smallest absolute Gasteiger partial charge is 0.337 e. The van der Waals surface area contributed by atoms with E-state index in [0.717, 1.165) is 11.1 Å². The van der Waals surface area contributed by atoms with Crippen molar-refractivity contribution >= 4 is 17.2 Å². The van der Waals surface area contributed by atoms with E-state index in [-0.39, 0.29) is 16.5 Å². The van der Waals surface area contributed by atoms with Gasteiger partial charge in [-0.15, -0.1) is 5.23 Å². The Kier molecular flexibility index (Phi) is 6.28. The lowest BCUT2D eigenvalue weighted by atomic mass is 9.96. The molecule has 6 heteroatoms. The Balaban J connectivity index is 2.43. The molecule has 3 N–H and O–H groups in total. The molecule has 0 unspecified atom stereocenters. The number of hydrogen-bond acceptors (Lipinski definition) is 5. The van der Waals surface area contributed by atoms with Crippen LogP contribution in [0.3, 0.4) is 0 Å². The first kappa shape index (κ1) is 18.9. The maximum Gasteiger partial charge on any atom is 0.337 e. The Morgan fingerprint density at radius 1 is 1.19 bits per heavy atom. The van der Waals surface area contributed by atoms with Crippen molar-refractivity contribution in [3.8, 4) is 6.07 Å². The number of nitriles is 1. The highest BCUT2D eigenvalue weighted by Crippen LogP contribution is 2.25. The number of hydrogen-bond donors (Lipinski definition) is 3. The van der Waals surface area contributed by atoms with Gasteiger partial charge in [-0.25, -0.2) is 4.79 Å². The Labute approximate surface area is 151 Å². The van der Waals surface area contributed by atoms with Crippen molar-refractivity contribution in [2.75, 3.05) is 5.23 Å². The monoisotopic (exact) mass is 350 g/mol. The molecular weight excluding hydrogens is 332 g/mol. The van der Waals surface area contributed by atoms with Gasteiger partial charge in [0.15, 0.2) is 0 Å². The molecule has 2 aromatic rings. The largest absolute Gasteiger partial charge is 0.478 e. The predicted octanol–water partition coefficient (Wildman–Crippen LogP) is 4.07. The second-order valence-electron chi connectivity index (χ2n) is 5.45. The van der Waals surface area contributed by atoms with Gasteiger partial charge in [-0.1, -0.05) is 48.6 Å². The Hall–Kier alpha value is -3.40. The first-order chi connectivity index (χ1) is 12.5. The maximum atomic E-state index is 11.2. The van der Waals surface area contributed by atoms with Gasteiger partial charge in [-0.3, -0.25) is 10.4 Å². The van der Waals surface area contributed by atoms with Crippen molar-refractivity contribution < 1.29 is 20.3 Å². The molecule has 0 spiro atoms. The van der Waals surface area contributed by atoms with Crippen molar-refractivity contribution in [2.24, 2.45) is 0 Å². The van der Waals surface area contributed by atoms with Crippen LogP contribution in [0.5, 0.6) is 0 Å². The molecule has 2 aromatic carbocycles. The van der Waals surface area contributed by atoms with Crippen molar-refractivity contribution in [1.82, 2.24) is 0 Å². The average molecular weight is 350 g/mol. The predicted molar refractivity (Wildman–Crippen MR) is 96.9 cm³/mol. The first-order valence-electron chi connectivity index (χ1n) is 7.84. The van der Waals surface area contributed by atoms with Crippen LogP contribution in [0.15, 0.2) is 66.3 Å². The van der Waals surface area contributed by atoms with Crippen molar-refractivity contribution in [3.63, 3.8) is 0 Å². The zero-order chi connectivity index (χ0) is 19.1. The van der Waals surface area contributed by atoms with Gasteiger partial charge in [-0.05, 0) is 42.2 Å². The molecule has 0 bridgehead atoms.